The minimum Gasteiger partial charge on any atom is -0.298 e. The van der Waals surface area contributed by atoms with Crippen molar-refractivity contribution in [1.82, 2.24) is 4.98 Å². The van der Waals surface area contributed by atoms with Gasteiger partial charge in [-0.2, -0.15) is 0 Å². The van der Waals surface area contributed by atoms with Gasteiger partial charge in [-0.25, -0.2) is 4.98 Å². The summed E-state index contributed by atoms with van der Waals surface area (Å²) >= 11 is 1.48. The molecule has 1 aliphatic heterocycles. The third kappa shape index (κ3) is 1.55. The van der Waals surface area contributed by atoms with Gasteiger partial charge in [0, 0.05) is 5.38 Å². The number of rotatable bonds is 2. The molecule has 0 bridgehead atoms. The van der Waals surface area contributed by atoms with E-state index >= 15 is 0 Å². The van der Waals surface area contributed by atoms with Gasteiger partial charge in [-0.15, -0.1) is 11.3 Å². The number of aryl methyl sites for hydroxylation is 1. The van der Waals surface area contributed by atoms with Crippen molar-refractivity contribution in [1.29, 1.82) is 0 Å². The molecule has 0 unspecified atom stereocenters. The van der Waals surface area contributed by atoms with Gasteiger partial charge in [0.05, 0.1) is 29.0 Å². The first-order valence-electron chi connectivity index (χ1n) is 5.51. The minimum atomic E-state index is -0.465. The molecule has 0 radical (unpaired) electrons. The Morgan fingerprint density at radius 3 is 2.89 bits per heavy atom. The number of aromatic nitrogens is 1. The van der Waals surface area contributed by atoms with Gasteiger partial charge < -0.3 is 0 Å². The van der Waals surface area contributed by atoms with Crippen LogP contribution in [0.5, 0.6) is 0 Å². The molecule has 1 aliphatic rings. The highest BCUT2D eigenvalue weighted by Crippen LogP contribution is 2.33. The fraction of sp³-hybridized carbons (Fsp3) is 0.154. The summed E-state index contributed by atoms with van der Waals surface area (Å²) < 4.78 is 0. The first-order chi connectivity index (χ1) is 8.68. The summed E-state index contributed by atoms with van der Waals surface area (Å²) in [6.45, 7) is 2.25. The molecule has 0 N–H and O–H groups in total. The Morgan fingerprint density at radius 1 is 1.33 bits per heavy atom. The van der Waals surface area contributed by atoms with E-state index in [1.165, 1.54) is 16.2 Å². The molecule has 1 aromatic heterocycles. The molecule has 0 spiro atoms. The van der Waals surface area contributed by atoms with Gasteiger partial charge >= 0.3 is 0 Å². The van der Waals surface area contributed by atoms with Crippen molar-refractivity contribution in [2.45, 2.75) is 13.5 Å². The molecule has 3 rings (SSSR count). The average Bonchev–Trinajstić information content (AvgIpc) is 2.94. The van der Waals surface area contributed by atoms with E-state index in [0.717, 1.165) is 16.9 Å². The molecule has 0 fully saturated rings. The number of anilines is 1. The van der Waals surface area contributed by atoms with E-state index < -0.39 is 11.7 Å². The maximum absolute atomic E-state index is 12.0. The van der Waals surface area contributed by atoms with Crippen molar-refractivity contribution in [2.75, 3.05) is 4.90 Å². The van der Waals surface area contributed by atoms with Crippen LogP contribution in [0.25, 0.3) is 0 Å². The van der Waals surface area contributed by atoms with Gasteiger partial charge in [0.1, 0.15) is 0 Å². The predicted octanol–water partition coefficient (Wildman–Crippen LogP) is 2.18. The van der Waals surface area contributed by atoms with E-state index in [9.17, 15) is 9.59 Å². The number of fused-ring (bicyclic) bond motifs is 1. The van der Waals surface area contributed by atoms with Gasteiger partial charge in [0.2, 0.25) is 0 Å². The highest BCUT2D eigenvalue weighted by molar-refractivity contribution is 7.07. The van der Waals surface area contributed by atoms with Crippen LogP contribution in [-0.4, -0.2) is 16.7 Å². The van der Waals surface area contributed by atoms with Gasteiger partial charge in [-0.3, -0.25) is 14.5 Å². The Morgan fingerprint density at radius 2 is 2.17 bits per heavy atom. The van der Waals surface area contributed by atoms with Gasteiger partial charge in [-0.1, -0.05) is 12.1 Å². The fourth-order valence-electron chi connectivity index (χ4n) is 2.17. The van der Waals surface area contributed by atoms with Crippen molar-refractivity contribution in [2.24, 2.45) is 0 Å². The van der Waals surface area contributed by atoms with Gasteiger partial charge in [-0.05, 0) is 18.6 Å². The van der Waals surface area contributed by atoms with Crippen molar-refractivity contribution >= 4 is 28.7 Å². The second-order valence-corrected chi connectivity index (χ2v) is 4.89. The molecular formula is C13H10N2O2S. The normalized spacial score (nSPS) is 14.2. The Balaban J connectivity index is 2.07. The zero-order valence-electron chi connectivity index (χ0n) is 9.71. The Kier molecular flexibility index (Phi) is 2.48. The maximum Gasteiger partial charge on any atom is 0.299 e. The summed E-state index contributed by atoms with van der Waals surface area (Å²) in [7, 11) is 0. The van der Waals surface area contributed by atoms with Crippen molar-refractivity contribution in [3.63, 3.8) is 0 Å². The van der Waals surface area contributed by atoms with Crippen molar-refractivity contribution in [3.8, 4) is 0 Å². The Labute approximate surface area is 108 Å². The standard InChI is InChI=1S/C13H10N2O2S/c1-8-3-2-4-10-11(8)15(13(17)12(10)16)5-9-6-18-7-14-9/h2-4,6-7H,5H2,1H3. The highest BCUT2D eigenvalue weighted by Gasteiger charge is 2.36. The summed E-state index contributed by atoms with van der Waals surface area (Å²) in [6.07, 6.45) is 0. The van der Waals surface area contributed by atoms with Crippen LogP contribution in [0, 0.1) is 6.92 Å². The van der Waals surface area contributed by atoms with Crippen LogP contribution in [0.4, 0.5) is 5.69 Å². The summed E-state index contributed by atoms with van der Waals surface area (Å²) in [5.74, 6) is -0.892. The van der Waals surface area contributed by atoms with E-state index in [2.05, 4.69) is 4.98 Å². The molecule has 2 aromatic rings. The number of carbonyl (C=O) groups excluding carboxylic acids is 2. The molecule has 1 aromatic carbocycles. The number of para-hydroxylation sites is 1. The largest absolute Gasteiger partial charge is 0.299 e. The number of amides is 1. The Hall–Kier alpha value is -2.01. The highest BCUT2D eigenvalue weighted by atomic mass is 32.1. The summed E-state index contributed by atoms with van der Waals surface area (Å²) in [5.41, 5.74) is 4.67. The van der Waals surface area contributed by atoms with Crippen molar-refractivity contribution < 1.29 is 9.59 Å². The van der Waals surface area contributed by atoms with E-state index in [4.69, 9.17) is 0 Å². The van der Waals surface area contributed by atoms with Crippen LogP contribution in [0.2, 0.25) is 0 Å². The number of Topliss-reactive ketones (excluding diaryl/α,β-unsaturated/α-hetero) is 1. The molecule has 0 saturated carbocycles. The average molecular weight is 258 g/mol. The third-order valence-electron chi connectivity index (χ3n) is 3.00. The summed E-state index contributed by atoms with van der Waals surface area (Å²) in [4.78, 5) is 29.5. The second-order valence-electron chi connectivity index (χ2n) is 4.17. The lowest BCUT2D eigenvalue weighted by atomic mass is 10.1. The van der Waals surface area contributed by atoms with E-state index in [-0.39, 0.29) is 0 Å². The van der Waals surface area contributed by atoms with Gasteiger partial charge in [0.25, 0.3) is 11.7 Å². The van der Waals surface area contributed by atoms with Crippen LogP contribution in [-0.2, 0) is 11.3 Å². The third-order valence-corrected chi connectivity index (χ3v) is 3.63. The zero-order valence-corrected chi connectivity index (χ0v) is 10.5. The summed E-state index contributed by atoms with van der Waals surface area (Å²) in [5, 5.41) is 1.88. The molecule has 1 amide bonds. The topological polar surface area (TPSA) is 50.3 Å². The SMILES string of the molecule is Cc1cccc2c1N(Cc1cscn1)C(=O)C2=O. The zero-order chi connectivity index (χ0) is 12.7. The molecule has 5 heteroatoms. The molecule has 0 atom stereocenters. The first kappa shape index (κ1) is 11.1. The fourth-order valence-corrected chi connectivity index (χ4v) is 2.72. The van der Waals surface area contributed by atoms with Gasteiger partial charge in [0.15, 0.2) is 0 Å². The Bertz CT molecular complexity index is 634. The van der Waals surface area contributed by atoms with E-state index in [0.29, 0.717) is 12.1 Å². The lowest BCUT2D eigenvalue weighted by molar-refractivity contribution is -0.114. The smallest absolute Gasteiger partial charge is 0.298 e. The number of hydrogen-bond acceptors (Lipinski definition) is 4. The lowest BCUT2D eigenvalue weighted by Gasteiger charge is -2.16. The molecular weight excluding hydrogens is 248 g/mol. The van der Waals surface area contributed by atoms with Crippen molar-refractivity contribution in [3.05, 3.63) is 45.9 Å². The maximum atomic E-state index is 12.0. The first-order valence-corrected chi connectivity index (χ1v) is 6.45. The van der Waals surface area contributed by atoms with E-state index in [1.807, 2.05) is 18.4 Å². The second kappa shape index (κ2) is 4.03. The lowest BCUT2D eigenvalue weighted by Crippen LogP contribution is -2.29. The molecule has 90 valence electrons. The minimum absolute atomic E-state index is 0.353. The molecule has 18 heavy (non-hydrogen) atoms. The molecule has 0 aliphatic carbocycles. The number of thiazole rings is 1. The monoisotopic (exact) mass is 258 g/mol. The molecule has 4 nitrogen and oxygen atoms in total. The van der Waals surface area contributed by atoms with Crippen LogP contribution in [0.15, 0.2) is 29.1 Å². The van der Waals surface area contributed by atoms with Crippen LogP contribution < -0.4 is 4.90 Å². The molecule has 2 heterocycles. The molecule has 0 saturated heterocycles. The van der Waals surface area contributed by atoms with Crippen LogP contribution >= 0.6 is 11.3 Å². The number of carbonyl (C=O) groups is 2. The number of ketones is 1. The quantitative estimate of drug-likeness (QED) is 0.776. The van der Waals surface area contributed by atoms with Crippen LogP contribution in [0.1, 0.15) is 21.6 Å². The van der Waals surface area contributed by atoms with E-state index in [1.54, 1.807) is 17.6 Å². The summed E-state index contributed by atoms with van der Waals surface area (Å²) in [6, 6.07) is 5.40. The van der Waals surface area contributed by atoms with Crippen LogP contribution in [0.3, 0.4) is 0 Å². The number of benzene rings is 1. The predicted molar refractivity (Wildman–Crippen MR) is 68.8 cm³/mol. The number of nitrogens with zero attached hydrogens (tertiary/aromatic N) is 2. The number of hydrogen-bond donors (Lipinski definition) is 0.